The van der Waals surface area contributed by atoms with E-state index in [4.69, 9.17) is 10.8 Å². The second kappa shape index (κ2) is 8.29. The van der Waals surface area contributed by atoms with Crippen LogP contribution in [0.2, 0.25) is 0 Å². The first-order valence-electron chi connectivity index (χ1n) is 7.30. The Kier molecular flexibility index (Phi) is 6.72. The number of carboxylic acid groups (broad SMARTS) is 1. The van der Waals surface area contributed by atoms with E-state index in [1.54, 1.807) is 12.1 Å². The van der Waals surface area contributed by atoms with Crippen LogP contribution in [0.25, 0.3) is 0 Å². The van der Waals surface area contributed by atoms with Crippen LogP contribution in [0.15, 0.2) is 18.2 Å². The number of nitrogens with two attached hydrogens (primary N) is 1. The first kappa shape index (κ1) is 17.0. The van der Waals surface area contributed by atoms with Gasteiger partial charge in [-0.3, -0.25) is 9.59 Å². The lowest BCUT2D eigenvalue weighted by atomic mass is 9.96. The Labute approximate surface area is 125 Å². The zero-order valence-electron chi connectivity index (χ0n) is 12.7. The average molecular weight is 292 g/mol. The van der Waals surface area contributed by atoms with Crippen LogP contribution >= 0.6 is 0 Å². The van der Waals surface area contributed by atoms with E-state index in [0.717, 1.165) is 18.4 Å². The highest BCUT2D eigenvalue weighted by Gasteiger charge is 2.11. The molecule has 0 radical (unpaired) electrons. The molecule has 0 spiro atoms. The molecule has 5 heteroatoms. The van der Waals surface area contributed by atoms with Crippen molar-refractivity contribution in [2.75, 3.05) is 12.3 Å². The summed E-state index contributed by atoms with van der Waals surface area (Å²) in [5, 5.41) is 11.5. The Morgan fingerprint density at radius 2 is 2.05 bits per heavy atom. The molecule has 1 unspecified atom stereocenters. The van der Waals surface area contributed by atoms with Gasteiger partial charge in [0.05, 0.1) is 0 Å². The van der Waals surface area contributed by atoms with Gasteiger partial charge in [0.1, 0.15) is 0 Å². The number of nitrogens with one attached hydrogen (secondary N) is 1. The fourth-order valence-electron chi connectivity index (χ4n) is 2.15. The fourth-order valence-corrected chi connectivity index (χ4v) is 2.15. The van der Waals surface area contributed by atoms with Crippen molar-refractivity contribution in [1.29, 1.82) is 0 Å². The summed E-state index contributed by atoms with van der Waals surface area (Å²) in [6.07, 6.45) is 2.54. The number of hydrogen-bond acceptors (Lipinski definition) is 3. The van der Waals surface area contributed by atoms with Crippen molar-refractivity contribution in [3.05, 3.63) is 29.3 Å². The maximum atomic E-state index is 12.0. The number of aliphatic carboxylic acids is 1. The molecule has 116 valence electrons. The summed E-state index contributed by atoms with van der Waals surface area (Å²) in [5.74, 6) is -0.591. The van der Waals surface area contributed by atoms with E-state index in [1.807, 2.05) is 19.9 Å². The Morgan fingerprint density at radius 3 is 2.62 bits per heavy atom. The third kappa shape index (κ3) is 5.85. The molecule has 0 heterocycles. The minimum Gasteiger partial charge on any atom is -0.481 e. The van der Waals surface area contributed by atoms with Crippen molar-refractivity contribution >= 4 is 17.6 Å². The van der Waals surface area contributed by atoms with E-state index in [-0.39, 0.29) is 12.3 Å². The average Bonchev–Trinajstić information content (AvgIpc) is 2.45. The van der Waals surface area contributed by atoms with E-state index in [0.29, 0.717) is 30.1 Å². The summed E-state index contributed by atoms with van der Waals surface area (Å²) >= 11 is 0. The predicted molar refractivity (Wildman–Crippen MR) is 83.2 cm³/mol. The Balaban J connectivity index is 2.41. The molecule has 0 fully saturated rings. The molecule has 0 aromatic heterocycles. The molecule has 1 atom stereocenters. The van der Waals surface area contributed by atoms with E-state index in [9.17, 15) is 9.59 Å². The molecule has 0 saturated carbocycles. The Bertz CT molecular complexity index is 500. The number of carbonyl (C=O) groups is 2. The van der Waals surface area contributed by atoms with Crippen molar-refractivity contribution in [2.45, 2.75) is 39.5 Å². The van der Waals surface area contributed by atoms with Gasteiger partial charge in [0.2, 0.25) is 0 Å². The third-order valence-electron chi connectivity index (χ3n) is 3.72. The fraction of sp³-hybridized carbons (Fsp3) is 0.500. The zero-order valence-corrected chi connectivity index (χ0v) is 12.7. The maximum Gasteiger partial charge on any atom is 0.303 e. The van der Waals surface area contributed by atoms with Crippen LogP contribution in [0.5, 0.6) is 0 Å². The molecule has 5 nitrogen and oxygen atoms in total. The summed E-state index contributed by atoms with van der Waals surface area (Å²) in [6.45, 7) is 4.48. The number of nitrogen functional groups attached to an aromatic ring is 1. The molecular weight excluding hydrogens is 268 g/mol. The van der Waals surface area contributed by atoms with Gasteiger partial charge in [-0.2, -0.15) is 0 Å². The van der Waals surface area contributed by atoms with Crippen molar-refractivity contribution in [1.82, 2.24) is 5.32 Å². The number of anilines is 1. The van der Waals surface area contributed by atoms with Gasteiger partial charge in [0.15, 0.2) is 0 Å². The van der Waals surface area contributed by atoms with E-state index < -0.39 is 5.97 Å². The second-order valence-electron chi connectivity index (χ2n) is 5.32. The van der Waals surface area contributed by atoms with Gasteiger partial charge in [-0.15, -0.1) is 0 Å². The van der Waals surface area contributed by atoms with Crippen LogP contribution in [0.4, 0.5) is 5.69 Å². The predicted octanol–water partition coefficient (Wildman–Crippen LogP) is 2.59. The van der Waals surface area contributed by atoms with Crippen molar-refractivity contribution in [3.8, 4) is 0 Å². The third-order valence-corrected chi connectivity index (χ3v) is 3.72. The number of hydrogen-bond donors (Lipinski definition) is 3. The SMILES string of the molecule is CCC(CCNC(=O)c1ccc(C)c(N)c1)CCC(=O)O. The number of benzene rings is 1. The zero-order chi connectivity index (χ0) is 15.8. The van der Waals surface area contributed by atoms with Crippen LogP contribution in [0.3, 0.4) is 0 Å². The molecule has 0 saturated heterocycles. The lowest BCUT2D eigenvalue weighted by Gasteiger charge is -2.14. The van der Waals surface area contributed by atoms with Gasteiger partial charge in [-0.25, -0.2) is 0 Å². The lowest BCUT2D eigenvalue weighted by molar-refractivity contribution is -0.137. The van der Waals surface area contributed by atoms with Crippen LogP contribution in [-0.2, 0) is 4.79 Å². The van der Waals surface area contributed by atoms with Crippen LogP contribution in [0, 0.1) is 12.8 Å². The van der Waals surface area contributed by atoms with Gasteiger partial charge in [0.25, 0.3) is 5.91 Å². The molecular formula is C16H24N2O3. The van der Waals surface area contributed by atoms with Crippen LogP contribution in [-0.4, -0.2) is 23.5 Å². The number of rotatable bonds is 8. The van der Waals surface area contributed by atoms with Crippen LogP contribution in [0.1, 0.15) is 48.5 Å². The summed E-state index contributed by atoms with van der Waals surface area (Å²) in [7, 11) is 0. The maximum absolute atomic E-state index is 12.0. The minimum atomic E-state index is -0.771. The highest BCUT2D eigenvalue weighted by Crippen LogP contribution is 2.15. The summed E-state index contributed by atoms with van der Waals surface area (Å²) in [6, 6.07) is 5.25. The number of carboxylic acids is 1. The highest BCUT2D eigenvalue weighted by atomic mass is 16.4. The van der Waals surface area contributed by atoms with Crippen molar-refractivity contribution in [2.24, 2.45) is 5.92 Å². The molecule has 4 N–H and O–H groups in total. The first-order chi connectivity index (χ1) is 9.93. The molecule has 0 bridgehead atoms. The van der Waals surface area contributed by atoms with Gasteiger partial charge < -0.3 is 16.2 Å². The number of amides is 1. The molecule has 1 amide bonds. The smallest absolute Gasteiger partial charge is 0.303 e. The number of aryl methyl sites for hydroxylation is 1. The molecule has 0 aliphatic rings. The van der Waals surface area contributed by atoms with Gasteiger partial charge in [-0.05, 0) is 43.4 Å². The molecule has 1 aromatic rings. The molecule has 0 aliphatic carbocycles. The van der Waals surface area contributed by atoms with E-state index in [1.165, 1.54) is 0 Å². The molecule has 0 aliphatic heterocycles. The molecule has 1 aromatic carbocycles. The minimum absolute atomic E-state index is 0.144. The standard InChI is InChI=1S/C16H24N2O3/c1-3-12(5-7-15(19)20)8-9-18-16(21)13-6-4-11(2)14(17)10-13/h4,6,10,12H,3,5,7-9,17H2,1-2H3,(H,18,21)(H,19,20). The summed E-state index contributed by atoms with van der Waals surface area (Å²) in [4.78, 5) is 22.5. The topological polar surface area (TPSA) is 92.4 Å². The number of carbonyl (C=O) groups excluding carboxylic acids is 1. The first-order valence-corrected chi connectivity index (χ1v) is 7.30. The van der Waals surface area contributed by atoms with Gasteiger partial charge in [-0.1, -0.05) is 19.4 Å². The van der Waals surface area contributed by atoms with E-state index >= 15 is 0 Å². The largest absolute Gasteiger partial charge is 0.481 e. The summed E-state index contributed by atoms with van der Waals surface area (Å²) < 4.78 is 0. The normalized spacial score (nSPS) is 11.9. The Morgan fingerprint density at radius 1 is 1.33 bits per heavy atom. The lowest BCUT2D eigenvalue weighted by Crippen LogP contribution is -2.26. The molecule has 1 rings (SSSR count). The molecule has 21 heavy (non-hydrogen) atoms. The van der Waals surface area contributed by atoms with Crippen LogP contribution < -0.4 is 11.1 Å². The van der Waals surface area contributed by atoms with Crippen molar-refractivity contribution < 1.29 is 14.7 Å². The highest BCUT2D eigenvalue weighted by molar-refractivity contribution is 5.95. The second-order valence-corrected chi connectivity index (χ2v) is 5.32. The van der Waals surface area contributed by atoms with Crippen molar-refractivity contribution in [3.63, 3.8) is 0 Å². The quantitative estimate of drug-likeness (QED) is 0.642. The monoisotopic (exact) mass is 292 g/mol. The summed E-state index contributed by atoms with van der Waals surface area (Å²) in [5.41, 5.74) is 7.90. The van der Waals surface area contributed by atoms with E-state index in [2.05, 4.69) is 5.32 Å². The Hall–Kier alpha value is -2.04. The van der Waals surface area contributed by atoms with Gasteiger partial charge >= 0.3 is 5.97 Å². The van der Waals surface area contributed by atoms with Gasteiger partial charge in [0, 0.05) is 24.2 Å².